The second-order valence-corrected chi connectivity index (χ2v) is 5.56. The number of aryl methyl sites for hydroxylation is 1. The zero-order chi connectivity index (χ0) is 18.1. The molecule has 0 fully saturated rings. The van der Waals surface area contributed by atoms with Crippen LogP contribution in [-0.4, -0.2) is 23.7 Å². The molecule has 0 spiro atoms. The van der Waals surface area contributed by atoms with Gasteiger partial charge in [-0.15, -0.1) is 0 Å². The van der Waals surface area contributed by atoms with Crippen molar-refractivity contribution < 1.29 is 19.4 Å². The maximum Gasteiger partial charge on any atom is 0.407 e. The van der Waals surface area contributed by atoms with Crippen LogP contribution in [0.5, 0.6) is 0 Å². The Balaban J connectivity index is 1.70. The summed E-state index contributed by atoms with van der Waals surface area (Å²) >= 11 is 0. The van der Waals surface area contributed by atoms with Crippen molar-refractivity contribution in [2.24, 2.45) is 0 Å². The zero-order valence-corrected chi connectivity index (χ0v) is 14.1. The number of carboxylic acid groups (broad SMARTS) is 1. The van der Waals surface area contributed by atoms with Crippen LogP contribution >= 0.6 is 0 Å². The summed E-state index contributed by atoms with van der Waals surface area (Å²) < 4.78 is 5.11. The Bertz CT molecular complexity index is 754. The quantitative estimate of drug-likeness (QED) is 0.747. The van der Waals surface area contributed by atoms with Crippen molar-refractivity contribution in [3.63, 3.8) is 0 Å². The van der Waals surface area contributed by atoms with E-state index in [9.17, 15) is 9.59 Å². The third kappa shape index (κ3) is 6.14. The highest BCUT2D eigenvalue weighted by Crippen LogP contribution is 2.12. The van der Waals surface area contributed by atoms with Crippen molar-refractivity contribution in [1.29, 1.82) is 0 Å². The average Bonchev–Trinajstić information content (AvgIpc) is 2.60. The van der Waals surface area contributed by atoms with E-state index in [1.165, 1.54) is 0 Å². The van der Waals surface area contributed by atoms with Gasteiger partial charge in [-0.1, -0.05) is 54.6 Å². The van der Waals surface area contributed by atoms with Crippen LogP contribution in [0.4, 0.5) is 4.79 Å². The van der Waals surface area contributed by atoms with Crippen LogP contribution in [-0.2, 0) is 11.3 Å². The van der Waals surface area contributed by atoms with Crippen LogP contribution in [0.25, 0.3) is 6.08 Å². The van der Waals surface area contributed by atoms with Crippen molar-refractivity contribution in [3.05, 3.63) is 76.9 Å². The van der Waals surface area contributed by atoms with Gasteiger partial charge in [0.25, 0.3) is 0 Å². The van der Waals surface area contributed by atoms with Gasteiger partial charge in [-0.25, -0.2) is 9.59 Å². The van der Waals surface area contributed by atoms with Crippen LogP contribution in [0.15, 0.2) is 54.6 Å². The molecule has 0 aliphatic rings. The Hall–Kier alpha value is -3.08. The Morgan fingerprint density at radius 2 is 1.92 bits per heavy atom. The lowest BCUT2D eigenvalue weighted by Crippen LogP contribution is -2.24. The maximum absolute atomic E-state index is 11.6. The molecule has 0 heterocycles. The monoisotopic (exact) mass is 339 g/mol. The largest absolute Gasteiger partial charge is 0.478 e. The summed E-state index contributed by atoms with van der Waals surface area (Å²) in [6, 6.07) is 14.7. The molecular formula is C20H21NO4. The van der Waals surface area contributed by atoms with Gasteiger partial charge in [-0.3, -0.25) is 0 Å². The zero-order valence-electron chi connectivity index (χ0n) is 14.1. The van der Waals surface area contributed by atoms with E-state index in [-0.39, 0.29) is 6.61 Å². The number of carboxylic acids is 1. The topological polar surface area (TPSA) is 75.6 Å². The van der Waals surface area contributed by atoms with Crippen LogP contribution in [0.1, 0.15) is 33.5 Å². The summed E-state index contributed by atoms with van der Waals surface area (Å²) in [4.78, 5) is 22.6. The van der Waals surface area contributed by atoms with Gasteiger partial charge in [-0.2, -0.15) is 0 Å². The molecule has 130 valence electrons. The lowest BCUT2D eigenvalue weighted by molar-refractivity contribution is 0.0696. The molecule has 5 nitrogen and oxygen atoms in total. The first-order valence-corrected chi connectivity index (χ1v) is 8.01. The fourth-order valence-electron chi connectivity index (χ4n) is 2.28. The molecule has 0 saturated carbocycles. The second kappa shape index (κ2) is 9.27. The van der Waals surface area contributed by atoms with E-state index < -0.39 is 12.1 Å². The van der Waals surface area contributed by atoms with E-state index >= 15 is 0 Å². The number of alkyl carbamates (subject to hydrolysis) is 1. The molecule has 0 aliphatic heterocycles. The molecule has 2 N–H and O–H groups in total. The van der Waals surface area contributed by atoms with Gasteiger partial charge in [0, 0.05) is 6.54 Å². The van der Waals surface area contributed by atoms with E-state index in [4.69, 9.17) is 9.84 Å². The highest BCUT2D eigenvalue weighted by Gasteiger charge is 2.05. The lowest BCUT2D eigenvalue weighted by atomic mass is 10.0. The summed E-state index contributed by atoms with van der Waals surface area (Å²) in [5.41, 5.74) is 2.89. The Morgan fingerprint density at radius 3 is 2.60 bits per heavy atom. The van der Waals surface area contributed by atoms with Gasteiger partial charge < -0.3 is 15.2 Å². The average molecular weight is 339 g/mol. The number of carbonyl (C=O) groups is 2. The molecule has 2 aromatic rings. The minimum Gasteiger partial charge on any atom is -0.478 e. The molecule has 2 rings (SSSR count). The molecule has 25 heavy (non-hydrogen) atoms. The highest BCUT2D eigenvalue weighted by molar-refractivity contribution is 5.89. The van der Waals surface area contributed by atoms with Crippen molar-refractivity contribution in [2.45, 2.75) is 20.0 Å². The van der Waals surface area contributed by atoms with E-state index in [0.717, 1.165) is 16.7 Å². The fraction of sp³-hybridized carbons (Fsp3) is 0.200. The fourth-order valence-corrected chi connectivity index (χ4v) is 2.28. The lowest BCUT2D eigenvalue weighted by Gasteiger charge is -2.06. The van der Waals surface area contributed by atoms with Crippen molar-refractivity contribution >= 4 is 18.1 Å². The number of amides is 1. The van der Waals surface area contributed by atoms with Crippen LogP contribution in [0, 0.1) is 6.92 Å². The van der Waals surface area contributed by atoms with Gasteiger partial charge in [0.05, 0.1) is 5.56 Å². The Morgan fingerprint density at radius 1 is 1.16 bits per heavy atom. The number of hydrogen-bond donors (Lipinski definition) is 2. The molecule has 2 aromatic carbocycles. The van der Waals surface area contributed by atoms with Crippen LogP contribution < -0.4 is 5.32 Å². The Labute approximate surface area is 146 Å². The van der Waals surface area contributed by atoms with Gasteiger partial charge in [-0.05, 0) is 36.1 Å². The maximum atomic E-state index is 11.6. The number of aromatic carboxylic acids is 1. The molecule has 0 unspecified atom stereocenters. The van der Waals surface area contributed by atoms with Gasteiger partial charge >= 0.3 is 12.1 Å². The van der Waals surface area contributed by atoms with Crippen LogP contribution in [0.3, 0.4) is 0 Å². The van der Waals surface area contributed by atoms with E-state index in [2.05, 4.69) is 5.32 Å². The first-order chi connectivity index (χ1) is 12.1. The number of ether oxygens (including phenoxy) is 1. The van der Waals surface area contributed by atoms with E-state index in [1.54, 1.807) is 19.1 Å². The highest BCUT2D eigenvalue weighted by atomic mass is 16.5. The molecule has 0 bridgehead atoms. The van der Waals surface area contributed by atoms with E-state index in [0.29, 0.717) is 18.5 Å². The summed E-state index contributed by atoms with van der Waals surface area (Å²) in [5.74, 6) is -0.925. The number of carbonyl (C=O) groups excluding carboxylic acids is 1. The normalized spacial score (nSPS) is 10.6. The first kappa shape index (κ1) is 18.3. The molecule has 5 heteroatoms. The summed E-state index contributed by atoms with van der Waals surface area (Å²) in [6.07, 6.45) is 4.03. The predicted octanol–water partition coefficient (Wildman–Crippen LogP) is 4.02. The van der Waals surface area contributed by atoms with Crippen molar-refractivity contribution in [1.82, 2.24) is 5.32 Å². The molecule has 1 amide bonds. The van der Waals surface area contributed by atoms with Crippen LogP contribution in [0.2, 0.25) is 0 Å². The standard InChI is InChI=1S/C20H21NO4/c1-15-13-16(10-11-18(15)19(22)23)7-5-6-12-21-20(24)25-14-17-8-3-2-4-9-17/h2-5,7-11,13H,6,12,14H2,1H3,(H,21,24)(H,22,23). The molecular weight excluding hydrogens is 318 g/mol. The number of benzene rings is 2. The molecule has 0 aliphatic carbocycles. The molecule has 0 saturated heterocycles. The van der Waals surface area contributed by atoms with Gasteiger partial charge in [0.2, 0.25) is 0 Å². The summed E-state index contributed by atoms with van der Waals surface area (Å²) in [5, 5.41) is 11.7. The minimum atomic E-state index is -0.925. The minimum absolute atomic E-state index is 0.248. The number of hydrogen-bond acceptors (Lipinski definition) is 3. The van der Waals surface area contributed by atoms with Gasteiger partial charge in [0.15, 0.2) is 0 Å². The van der Waals surface area contributed by atoms with E-state index in [1.807, 2.05) is 48.6 Å². The van der Waals surface area contributed by atoms with Crippen molar-refractivity contribution in [3.8, 4) is 0 Å². The van der Waals surface area contributed by atoms with Gasteiger partial charge in [0.1, 0.15) is 6.61 Å². The molecule has 0 aromatic heterocycles. The Kier molecular flexibility index (Phi) is 6.77. The second-order valence-electron chi connectivity index (χ2n) is 5.56. The summed E-state index contributed by atoms with van der Waals surface area (Å²) in [7, 11) is 0. The van der Waals surface area contributed by atoms with Crippen molar-refractivity contribution in [2.75, 3.05) is 6.54 Å². The number of nitrogens with one attached hydrogen (secondary N) is 1. The predicted molar refractivity (Wildman–Crippen MR) is 96.4 cm³/mol. The molecule has 0 radical (unpaired) electrons. The SMILES string of the molecule is Cc1cc(C=CCCNC(=O)OCc2ccccc2)ccc1C(=O)O. The molecule has 0 atom stereocenters. The first-order valence-electron chi connectivity index (χ1n) is 8.01. The third-order valence-electron chi connectivity index (χ3n) is 3.58. The third-order valence-corrected chi connectivity index (χ3v) is 3.58. The number of rotatable bonds is 7. The summed E-state index contributed by atoms with van der Waals surface area (Å²) in [6.45, 7) is 2.49. The smallest absolute Gasteiger partial charge is 0.407 e.